The van der Waals surface area contributed by atoms with Crippen molar-refractivity contribution in [3.05, 3.63) is 30.1 Å². The predicted octanol–water partition coefficient (Wildman–Crippen LogP) is 2.82. The Morgan fingerprint density at radius 3 is 2.74 bits per heavy atom. The van der Waals surface area contributed by atoms with E-state index in [4.69, 9.17) is 0 Å². The Morgan fingerprint density at radius 1 is 1.26 bits per heavy atom. The van der Waals surface area contributed by atoms with Gasteiger partial charge in [0.1, 0.15) is 0 Å². The van der Waals surface area contributed by atoms with E-state index in [1.54, 1.807) is 0 Å². The van der Waals surface area contributed by atoms with Gasteiger partial charge in [0.15, 0.2) is 0 Å². The van der Waals surface area contributed by atoms with Crippen molar-refractivity contribution in [2.75, 3.05) is 26.2 Å². The summed E-state index contributed by atoms with van der Waals surface area (Å²) in [6.07, 6.45) is 11.9. The molecule has 1 atom stereocenters. The van der Waals surface area contributed by atoms with Crippen LogP contribution in [0, 0.1) is 5.92 Å². The first-order valence-electron chi connectivity index (χ1n) is 10.8. The van der Waals surface area contributed by atoms with E-state index in [0.29, 0.717) is 11.9 Å². The Labute approximate surface area is 163 Å². The molecule has 1 unspecified atom stereocenters. The summed E-state index contributed by atoms with van der Waals surface area (Å²) in [6, 6.07) is 4.83. The largest absolute Gasteiger partial charge is 0.350 e. The second-order valence-corrected chi connectivity index (χ2v) is 8.83. The third kappa shape index (κ3) is 4.69. The summed E-state index contributed by atoms with van der Waals surface area (Å²) in [5, 5.41) is 3.36. The number of rotatable bonds is 6. The zero-order valence-electron chi connectivity index (χ0n) is 16.7. The minimum atomic E-state index is 0.150. The maximum Gasteiger partial charge on any atom is 0.224 e. The fourth-order valence-corrected chi connectivity index (χ4v) is 4.83. The molecular formula is C22H34N4O. The number of amides is 1. The number of likely N-dealkylation sites (tertiary alicyclic amines) is 2. The van der Waals surface area contributed by atoms with Crippen LogP contribution in [0.5, 0.6) is 0 Å². The molecule has 1 aliphatic carbocycles. The highest BCUT2D eigenvalue weighted by Gasteiger charge is 2.43. The van der Waals surface area contributed by atoms with Gasteiger partial charge < -0.3 is 5.32 Å². The molecule has 2 aliphatic heterocycles. The zero-order chi connectivity index (χ0) is 18.7. The average Bonchev–Trinajstić information content (AvgIpc) is 3.49. The van der Waals surface area contributed by atoms with E-state index in [1.165, 1.54) is 31.2 Å². The summed E-state index contributed by atoms with van der Waals surface area (Å²) in [7, 11) is 0. The topological polar surface area (TPSA) is 48.5 Å². The van der Waals surface area contributed by atoms with Gasteiger partial charge in [-0.15, -0.1) is 0 Å². The van der Waals surface area contributed by atoms with Crippen molar-refractivity contribution < 1.29 is 4.79 Å². The van der Waals surface area contributed by atoms with Crippen LogP contribution in [0.2, 0.25) is 0 Å². The van der Waals surface area contributed by atoms with Crippen LogP contribution in [0.3, 0.4) is 0 Å². The van der Waals surface area contributed by atoms with Crippen LogP contribution >= 0.6 is 0 Å². The van der Waals surface area contributed by atoms with Gasteiger partial charge in [-0.2, -0.15) is 0 Å². The molecule has 27 heavy (non-hydrogen) atoms. The minimum Gasteiger partial charge on any atom is -0.350 e. The Hall–Kier alpha value is -1.46. The second-order valence-electron chi connectivity index (χ2n) is 8.83. The molecular weight excluding hydrogens is 336 g/mol. The lowest BCUT2D eigenvalue weighted by atomic mass is 9.92. The number of pyridine rings is 1. The van der Waals surface area contributed by atoms with Crippen molar-refractivity contribution in [1.82, 2.24) is 20.1 Å². The van der Waals surface area contributed by atoms with E-state index in [2.05, 4.69) is 33.1 Å². The number of carbonyl (C=O) groups excluding carboxylic acids is 1. The molecule has 0 aromatic carbocycles. The molecule has 5 nitrogen and oxygen atoms in total. The number of hydrogen-bond donors (Lipinski definition) is 1. The van der Waals surface area contributed by atoms with Crippen LogP contribution in [0.25, 0.3) is 0 Å². The first kappa shape index (κ1) is 18.9. The average molecular weight is 371 g/mol. The van der Waals surface area contributed by atoms with Crippen molar-refractivity contribution in [3.63, 3.8) is 0 Å². The molecule has 0 bridgehead atoms. The number of hydrogen-bond acceptors (Lipinski definition) is 4. The van der Waals surface area contributed by atoms with E-state index < -0.39 is 0 Å². The van der Waals surface area contributed by atoms with E-state index in [0.717, 1.165) is 52.0 Å². The molecule has 3 heterocycles. The van der Waals surface area contributed by atoms with Gasteiger partial charge in [0.05, 0.1) is 5.92 Å². The van der Waals surface area contributed by atoms with Crippen molar-refractivity contribution >= 4 is 5.91 Å². The van der Waals surface area contributed by atoms with Gasteiger partial charge in [0.2, 0.25) is 5.91 Å². The van der Waals surface area contributed by atoms with Crippen LogP contribution < -0.4 is 5.32 Å². The van der Waals surface area contributed by atoms with Crippen molar-refractivity contribution in [3.8, 4) is 0 Å². The highest BCUT2D eigenvalue weighted by molar-refractivity contribution is 5.80. The molecule has 5 heteroatoms. The second kappa shape index (κ2) is 8.27. The number of piperidine rings is 2. The molecule has 2 saturated heterocycles. The maximum atomic E-state index is 12.7. The third-order valence-electron chi connectivity index (χ3n) is 6.94. The molecule has 1 N–H and O–H groups in total. The summed E-state index contributed by atoms with van der Waals surface area (Å²) in [4.78, 5) is 22.1. The SMILES string of the molecule is CCC1(NC(=O)C2CCCN(C3CCN(Cc4cccnc4)CC3)C2)CC1. The molecule has 0 radical (unpaired) electrons. The van der Waals surface area contributed by atoms with Gasteiger partial charge >= 0.3 is 0 Å². The zero-order valence-corrected chi connectivity index (χ0v) is 16.7. The molecule has 3 fully saturated rings. The fourth-order valence-electron chi connectivity index (χ4n) is 4.83. The number of aromatic nitrogens is 1. The Balaban J connectivity index is 1.25. The summed E-state index contributed by atoms with van der Waals surface area (Å²) in [5.74, 6) is 0.504. The van der Waals surface area contributed by atoms with Gasteiger partial charge in [0.25, 0.3) is 0 Å². The van der Waals surface area contributed by atoms with Gasteiger partial charge in [-0.05, 0) is 76.2 Å². The van der Waals surface area contributed by atoms with Gasteiger partial charge in [-0.25, -0.2) is 0 Å². The summed E-state index contributed by atoms with van der Waals surface area (Å²) in [6.45, 7) is 7.61. The van der Waals surface area contributed by atoms with Crippen LogP contribution in [-0.2, 0) is 11.3 Å². The van der Waals surface area contributed by atoms with E-state index in [-0.39, 0.29) is 11.5 Å². The lowest BCUT2D eigenvalue weighted by Gasteiger charge is -2.42. The Kier molecular flexibility index (Phi) is 5.79. The molecule has 148 valence electrons. The number of nitrogens with zero attached hydrogens (tertiary/aromatic N) is 3. The van der Waals surface area contributed by atoms with Crippen LogP contribution in [0.1, 0.15) is 57.4 Å². The van der Waals surface area contributed by atoms with Crippen LogP contribution in [-0.4, -0.2) is 58.5 Å². The van der Waals surface area contributed by atoms with E-state index >= 15 is 0 Å². The minimum absolute atomic E-state index is 0.150. The predicted molar refractivity (Wildman–Crippen MR) is 107 cm³/mol. The monoisotopic (exact) mass is 370 g/mol. The normalized spacial score (nSPS) is 26.6. The lowest BCUT2D eigenvalue weighted by Crippen LogP contribution is -2.51. The van der Waals surface area contributed by atoms with E-state index in [9.17, 15) is 4.79 Å². The van der Waals surface area contributed by atoms with Crippen molar-refractivity contribution in [1.29, 1.82) is 0 Å². The summed E-state index contributed by atoms with van der Waals surface area (Å²) in [5.41, 5.74) is 1.45. The first-order valence-corrected chi connectivity index (χ1v) is 10.8. The van der Waals surface area contributed by atoms with Gasteiger partial charge in [-0.1, -0.05) is 13.0 Å². The first-order chi connectivity index (χ1) is 13.2. The van der Waals surface area contributed by atoms with Gasteiger partial charge in [-0.3, -0.25) is 19.6 Å². The van der Waals surface area contributed by atoms with E-state index in [1.807, 2.05) is 18.5 Å². The van der Waals surface area contributed by atoms with Crippen molar-refractivity contribution in [2.45, 2.75) is 70.0 Å². The van der Waals surface area contributed by atoms with Crippen molar-refractivity contribution in [2.24, 2.45) is 5.92 Å². The quantitative estimate of drug-likeness (QED) is 0.837. The summed E-state index contributed by atoms with van der Waals surface area (Å²) >= 11 is 0. The smallest absolute Gasteiger partial charge is 0.224 e. The van der Waals surface area contributed by atoms with Gasteiger partial charge in [0, 0.05) is 37.1 Å². The third-order valence-corrected chi connectivity index (χ3v) is 6.94. The fraction of sp³-hybridized carbons (Fsp3) is 0.727. The molecule has 3 aliphatic rings. The maximum absolute atomic E-state index is 12.7. The van der Waals surface area contributed by atoms with Crippen LogP contribution in [0.4, 0.5) is 0 Å². The molecule has 1 aromatic heterocycles. The Morgan fingerprint density at radius 2 is 2.07 bits per heavy atom. The molecule has 1 amide bonds. The molecule has 1 saturated carbocycles. The standard InChI is InChI=1S/C22H34N4O/c1-2-22(9-10-22)24-21(27)19-6-4-12-26(17-19)20-7-13-25(14-8-20)16-18-5-3-11-23-15-18/h3,5,11,15,19-20H,2,4,6-10,12-14,16-17H2,1H3,(H,24,27). The Bertz CT molecular complexity index is 622. The molecule has 4 rings (SSSR count). The molecule has 0 spiro atoms. The summed E-state index contributed by atoms with van der Waals surface area (Å²) < 4.78 is 0. The molecule has 1 aromatic rings. The number of carbonyl (C=O) groups is 1. The number of nitrogens with one attached hydrogen (secondary N) is 1. The van der Waals surface area contributed by atoms with Crippen LogP contribution in [0.15, 0.2) is 24.5 Å². The lowest BCUT2D eigenvalue weighted by molar-refractivity contribution is -0.128. The highest BCUT2D eigenvalue weighted by atomic mass is 16.2. The highest BCUT2D eigenvalue weighted by Crippen LogP contribution is 2.39.